The van der Waals surface area contributed by atoms with E-state index in [1.807, 2.05) is 12.1 Å². The summed E-state index contributed by atoms with van der Waals surface area (Å²) in [6.07, 6.45) is 2.94. The van der Waals surface area contributed by atoms with Crippen LogP contribution in [0, 0.1) is 5.82 Å². The van der Waals surface area contributed by atoms with Gasteiger partial charge in [-0.2, -0.15) is 0 Å². The molecule has 0 spiro atoms. The summed E-state index contributed by atoms with van der Waals surface area (Å²) >= 11 is 0. The zero-order valence-electron chi connectivity index (χ0n) is 18.3. The van der Waals surface area contributed by atoms with Crippen molar-refractivity contribution in [2.24, 2.45) is 0 Å². The van der Waals surface area contributed by atoms with Gasteiger partial charge in [-0.3, -0.25) is 9.59 Å². The lowest BCUT2D eigenvalue weighted by Crippen LogP contribution is -2.31. The van der Waals surface area contributed by atoms with Crippen LogP contribution in [0.3, 0.4) is 0 Å². The third-order valence-electron chi connectivity index (χ3n) is 5.59. The summed E-state index contributed by atoms with van der Waals surface area (Å²) in [7, 11) is 1.47. The van der Waals surface area contributed by atoms with E-state index in [9.17, 15) is 14.0 Å². The van der Waals surface area contributed by atoms with Gasteiger partial charge in [-0.1, -0.05) is 24.3 Å². The first-order valence-electron chi connectivity index (χ1n) is 10.8. The Balaban J connectivity index is 1.39. The molecule has 2 amide bonds. The van der Waals surface area contributed by atoms with Gasteiger partial charge in [0, 0.05) is 11.3 Å². The van der Waals surface area contributed by atoms with E-state index in [2.05, 4.69) is 22.8 Å². The van der Waals surface area contributed by atoms with Crippen molar-refractivity contribution in [3.8, 4) is 11.5 Å². The van der Waals surface area contributed by atoms with Crippen LogP contribution in [0.25, 0.3) is 0 Å². The molecule has 0 unspecified atom stereocenters. The maximum Gasteiger partial charge on any atom is 0.262 e. The molecule has 0 aromatic heterocycles. The molecule has 3 aromatic rings. The van der Waals surface area contributed by atoms with E-state index >= 15 is 0 Å². The Morgan fingerprint density at radius 1 is 1.03 bits per heavy atom. The Morgan fingerprint density at radius 3 is 2.61 bits per heavy atom. The molecule has 3 aromatic carbocycles. The van der Waals surface area contributed by atoms with Crippen LogP contribution in [0.4, 0.5) is 10.1 Å². The predicted octanol–water partition coefficient (Wildman–Crippen LogP) is 4.66. The van der Waals surface area contributed by atoms with Gasteiger partial charge in [0.2, 0.25) is 0 Å². The van der Waals surface area contributed by atoms with E-state index in [4.69, 9.17) is 9.47 Å². The molecule has 0 saturated carbocycles. The summed E-state index contributed by atoms with van der Waals surface area (Å²) in [6, 6.07) is 18.4. The number of rotatable bonds is 7. The monoisotopic (exact) mass is 448 g/mol. The molecule has 0 saturated heterocycles. The number of methoxy groups -OCH3 is 1. The minimum Gasteiger partial charge on any atom is -0.493 e. The number of fused-ring (bicyclic) bond motifs is 1. The van der Waals surface area contributed by atoms with Crippen molar-refractivity contribution in [3.05, 3.63) is 89.2 Å². The molecule has 0 heterocycles. The summed E-state index contributed by atoms with van der Waals surface area (Å²) < 4.78 is 23.9. The minimum absolute atomic E-state index is 0.0282. The normalized spacial score (nSPS) is 14.7. The lowest BCUT2D eigenvalue weighted by atomic mass is 9.87. The van der Waals surface area contributed by atoms with Crippen LogP contribution in [0.5, 0.6) is 11.5 Å². The van der Waals surface area contributed by atoms with Crippen molar-refractivity contribution in [1.82, 2.24) is 5.32 Å². The molecular formula is C26H25FN2O4. The second-order valence-corrected chi connectivity index (χ2v) is 7.83. The molecule has 1 aliphatic carbocycles. The second-order valence-electron chi connectivity index (χ2n) is 7.83. The number of hydrogen-bond acceptors (Lipinski definition) is 4. The predicted molar refractivity (Wildman–Crippen MR) is 123 cm³/mol. The third-order valence-corrected chi connectivity index (χ3v) is 5.59. The second kappa shape index (κ2) is 10.2. The molecule has 2 N–H and O–H groups in total. The van der Waals surface area contributed by atoms with Crippen LogP contribution in [0.1, 0.15) is 40.4 Å². The smallest absolute Gasteiger partial charge is 0.262 e. The van der Waals surface area contributed by atoms with Gasteiger partial charge in [-0.05, 0) is 72.9 Å². The highest BCUT2D eigenvalue weighted by Gasteiger charge is 2.22. The number of halogens is 1. The molecule has 33 heavy (non-hydrogen) atoms. The largest absolute Gasteiger partial charge is 0.493 e. The van der Waals surface area contributed by atoms with E-state index in [1.165, 1.54) is 36.9 Å². The Hall–Kier alpha value is -3.87. The van der Waals surface area contributed by atoms with E-state index in [0.717, 1.165) is 24.8 Å². The zero-order valence-corrected chi connectivity index (χ0v) is 18.3. The number of carbonyl (C=O) groups is 2. The van der Waals surface area contributed by atoms with Crippen molar-refractivity contribution in [2.45, 2.75) is 25.3 Å². The fourth-order valence-electron chi connectivity index (χ4n) is 3.95. The average Bonchev–Trinajstić information content (AvgIpc) is 2.84. The molecule has 0 radical (unpaired) electrons. The molecule has 170 valence electrons. The van der Waals surface area contributed by atoms with Crippen LogP contribution < -0.4 is 20.1 Å². The Kier molecular flexibility index (Phi) is 6.88. The fraction of sp³-hybridized carbons (Fsp3) is 0.231. The molecule has 0 bridgehead atoms. The number of aryl methyl sites for hydroxylation is 1. The SMILES string of the molecule is COc1cc(C(=O)N[C@@H]2CCCc3ccccc32)ccc1OCC(=O)Nc1ccc(F)cc1. The summed E-state index contributed by atoms with van der Waals surface area (Å²) in [4.78, 5) is 25.0. The van der Waals surface area contributed by atoms with Gasteiger partial charge in [0.25, 0.3) is 11.8 Å². The van der Waals surface area contributed by atoms with E-state index < -0.39 is 5.91 Å². The molecule has 1 aliphatic rings. The third kappa shape index (κ3) is 5.49. The molecule has 1 atom stereocenters. The zero-order chi connectivity index (χ0) is 23.2. The van der Waals surface area contributed by atoms with Gasteiger partial charge in [0.1, 0.15) is 5.82 Å². The highest BCUT2D eigenvalue weighted by molar-refractivity contribution is 5.95. The van der Waals surface area contributed by atoms with E-state index in [0.29, 0.717) is 22.7 Å². The topological polar surface area (TPSA) is 76.7 Å². The number of benzene rings is 3. The van der Waals surface area contributed by atoms with Gasteiger partial charge >= 0.3 is 0 Å². The van der Waals surface area contributed by atoms with Crippen LogP contribution in [-0.4, -0.2) is 25.5 Å². The first kappa shape index (κ1) is 22.3. The van der Waals surface area contributed by atoms with Crippen LogP contribution in [0.15, 0.2) is 66.7 Å². The highest BCUT2D eigenvalue weighted by atomic mass is 19.1. The van der Waals surface area contributed by atoms with Crippen LogP contribution >= 0.6 is 0 Å². The average molecular weight is 448 g/mol. The molecule has 7 heteroatoms. The summed E-state index contributed by atoms with van der Waals surface area (Å²) in [5.74, 6) is -0.296. The van der Waals surface area contributed by atoms with E-state index in [1.54, 1.807) is 18.2 Å². The van der Waals surface area contributed by atoms with E-state index in [-0.39, 0.29) is 24.4 Å². The standard InChI is InChI=1S/C26H25FN2O4/c1-32-24-15-18(26(31)29-22-8-4-6-17-5-2-3-7-21(17)22)9-14-23(24)33-16-25(30)28-20-12-10-19(27)11-13-20/h2-3,5,7,9-15,22H,4,6,8,16H2,1H3,(H,28,30)(H,29,31)/t22-/m1/s1. The quantitative estimate of drug-likeness (QED) is 0.551. The van der Waals surface area contributed by atoms with Crippen molar-refractivity contribution in [3.63, 3.8) is 0 Å². The lowest BCUT2D eigenvalue weighted by Gasteiger charge is -2.26. The molecular weight excluding hydrogens is 423 g/mol. The Bertz CT molecular complexity index is 1150. The first-order chi connectivity index (χ1) is 16.0. The number of anilines is 1. The van der Waals surface area contributed by atoms with Gasteiger partial charge in [0.05, 0.1) is 13.2 Å². The number of hydrogen-bond donors (Lipinski definition) is 2. The fourth-order valence-corrected chi connectivity index (χ4v) is 3.95. The van der Waals surface area contributed by atoms with Crippen molar-refractivity contribution < 1.29 is 23.5 Å². The maximum atomic E-state index is 13.0. The van der Waals surface area contributed by atoms with Crippen LogP contribution in [-0.2, 0) is 11.2 Å². The molecule has 6 nitrogen and oxygen atoms in total. The van der Waals surface area contributed by atoms with Crippen molar-refractivity contribution in [2.75, 3.05) is 19.0 Å². The summed E-state index contributed by atoms with van der Waals surface area (Å²) in [5.41, 5.74) is 3.34. The molecule has 4 rings (SSSR count). The number of amides is 2. The number of ether oxygens (including phenoxy) is 2. The lowest BCUT2D eigenvalue weighted by molar-refractivity contribution is -0.118. The highest BCUT2D eigenvalue weighted by Crippen LogP contribution is 2.31. The van der Waals surface area contributed by atoms with Gasteiger partial charge in [-0.15, -0.1) is 0 Å². The minimum atomic E-state index is -0.401. The van der Waals surface area contributed by atoms with Crippen LogP contribution in [0.2, 0.25) is 0 Å². The first-order valence-corrected chi connectivity index (χ1v) is 10.8. The van der Waals surface area contributed by atoms with Gasteiger partial charge < -0.3 is 20.1 Å². The summed E-state index contributed by atoms with van der Waals surface area (Å²) in [6.45, 7) is -0.266. The van der Waals surface area contributed by atoms with Gasteiger partial charge in [0.15, 0.2) is 18.1 Å². The maximum absolute atomic E-state index is 13.0. The Labute approximate surface area is 191 Å². The summed E-state index contributed by atoms with van der Waals surface area (Å²) in [5, 5.41) is 5.74. The number of nitrogens with one attached hydrogen (secondary N) is 2. The van der Waals surface area contributed by atoms with Crippen molar-refractivity contribution in [1.29, 1.82) is 0 Å². The van der Waals surface area contributed by atoms with Gasteiger partial charge in [-0.25, -0.2) is 4.39 Å². The molecule has 0 fully saturated rings. The Morgan fingerprint density at radius 2 is 1.82 bits per heavy atom. The number of carbonyl (C=O) groups excluding carboxylic acids is 2. The molecule has 0 aliphatic heterocycles. The van der Waals surface area contributed by atoms with Crippen molar-refractivity contribution >= 4 is 17.5 Å².